The molecule has 5 heteroatoms. The largest absolute Gasteiger partial charge is 0.384 e. The second kappa shape index (κ2) is 4.81. The van der Waals surface area contributed by atoms with Gasteiger partial charge in [-0.1, -0.05) is 0 Å². The number of nitrogens with two attached hydrogens (primary N) is 1. The van der Waals surface area contributed by atoms with E-state index in [2.05, 4.69) is 30.7 Å². The van der Waals surface area contributed by atoms with Crippen molar-refractivity contribution < 1.29 is 4.39 Å². The highest BCUT2D eigenvalue weighted by atomic mass is 19.1. The van der Waals surface area contributed by atoms with Crippen LogP contribution in [0.3, 0.4) is 0 Å². The molecule has 0 radical (unpaired) electrons. The minimum Gasteiger partial charge on any atom is -0.384 e. The summed E-state index contributed by atoms with van der Waals surface area (Å²) in [6.07, 6.45) is 0. The van der Waals surface area contributed by atoms with E-state index in [0.717, 1.165) is 25.3 Å². The van der Waals surface area contributed by atoms with Gasteiger partial charge in [0.2, 0.25) is 0 Å². The molecule has 19 heavy (non-hydrogen) atoms. The van der Waals surface area contributed by atoms with Crippen molar-refractivity contribution in [1.82, 2.24) is 4.90 Å². The molecule has 1 aromatic rings. The third kappa shape index (κ3) is 2.71. The Hall–Kier alpha value is -1.62. The number of piperazine rings is 1. The first-order chi connectivity index (χ1) is 8.81. The van der Waals surface area contributed by atoms with Crippen LogP contribution < -0.4 is 10.6 Å². The number of benzene rings is 1. The van der Waals surface area contributed by atoms with E-state index < -0.39 is 0 Å². The molecule has 0 spiro atoms. The molecule has 104 valence electrons. The number of rotatable bonds is 2. The van der Waals surface area contributed by atoms with Gasteiger partial charge >= 0.3 is 0 Å². The lowest BCUT2D eigenvalue weighted by atomic mass is 9.98. The fourth-order valence-electron chi connectivity index (χ4n) is 2.45. The Morgan fingerprint density at radius 1 is 1.37 bits per heavy atom. The van der Waals surface area contributed by atoms with Crippen LogP contribution in [-0.2, 0) is 0 Å². The van der Waals surface area contributed by atoms with Crippen molar-refractivity contribution in [3.05, 3.63) is 29.6 Å². The van der Waals surface area contributed by atoms with Crippen LogP contribution in [0.5, 0.6) is 0 Å². The molecule has 1 saturated heterocycles. The predicted molar refractivity (Wildman–Crippen MR) is 76.3 cm³/mol. The maximum Gasteiger partial charge on any atom is 0.125 e. The quantitative estimate of drug-likeness (QED) is 0.630. The van der Waals surface area contributed by atoms with E-state index in [1.807, 2.05) is 0 Å². The maximum absolute atomic E-state index is 13.3. The Morgan fingerprint density at radius 3 is 2.63 bits per heavy atom. The highest BCUT2D eigenvalue weighted by Gasteiger charge is 2.32. The maximum atomic E-state index is 13.3. The van der Waals surface area contributed by atoms with Gasteiger partial charge in [-0.3, -0.25) is 10.3 Å². The van der Waals surface area contributed by atoms with E-state index in [0.29, 0.717) is 5.56 Å². The van der Waals surface area contributed by atoms with Gasteiger partial charge in [0.1, 0.15) is 11.7 Å². The summed E-state index contributed by atoms with van der Waals surface area (Å²) < 4.78 is 13.3. The Morgan fingerprint density at radius 2 is 2.05 bits per heavy atom. The fourth-order valence-corrected chi connectivity index (χ4v) is 2.45. The van der Waals surface area contributed by atoms with Crippen LogP contribution in [-0.4, -0.2) is 43.0 Å². The van der Waals surface area contributed by atoms with Crippen molar-refractivity contribution in [3.8, 4) is 0 Å². The summed E-state index contributed by atoms with van der Waals surface area (Å²) >= 11 is 0. The normalized spacial score (nSPS) is 19.5. The zero-order chi connectivity index (χ0) is 14.2. The number of hydrogen-bond donors (Lipinski definition) is 2. The number of hydrogen-bond acceptors (Lipinski definition) is 3. The molecule has 0 bridgehead atoms. The number of nitrogens with one attached hydrogen (secondary N) is 1. The minimum atomic E-state index is -0.359. The van der Waals surface area contributed by atoms with E-state index >= 15 is 0 Å². The molecule has 0 aliphatic carbocycles. The van der Waals surface area contributed by atoms with Crippen molar-refractivity contribution in [3.63, 3.8) is 0 Å². The molecule has 3 N–H and O–H groups in total. The van der Waals surface area contributed by atoms with Gasteiger partial charge in [-0.15, -0.1) is 0 Å². The number of halogens is 1. The van der Waals surface area contributed by atoms with Crippen LogP contribution in [0.2, 0.25) is 0 Å². The van der Waals surface area contributed by atoms with Crippen LogP contribution in [0.1, 0.15) is 19.4 Å². The molecule has 1 aromatic carbocycles. The molecule has 0 atom stereocenters. The average molecular weight is 264 g/mol. The van der Waals surface area contributed by atoms with Crippen LogP contribution in [0.15, 0.2) is 18.2 Å². The number of anilines is 1. The average Bonchev–Trinajstić information content (AvgIpc) is 2.32. The smallest absolute Gasteiger partial charge is 0.125 e. The first kappa shape index (κ1) is 13.8. The Balaban J connectivity index is 2.35. The second-order valence-electron chi connectivity index (χ2n) is 5.73. The van der Waals surface area contributed by atoms with Crippen LogP contribution >= 0.6 is 0 Å². The third-order valence-electron chi connectivity index (χ3n) is 3.91. The molecule has 1 aliphatic heterocycles. The number of likely N-dealkylation sites (N-methyl/N-ethyl adjacent to an activating group) is 1. The fraction of sp³-hybridized carbons (Fsp3) is 0.500. The van der Waals surface area contributed by atoms with Crippen molar-refractivity contribution in [2.45, 2.75) is 19.4 Å². The van der Waals surface area contributed by atoms with Crippen LogP contribution in [0.25, 0.3) is 0 Å². The zero-order valence-electron chi connectivity index (χ0n) is 11.7. The molecule has 4 nitrogen and oxygen atoms in total. The van der Waals surface area contributed by atoms with E-state index in [9.17, 15) is 4.39 Å². The van der Waals surface area contributed by atoms with Gasteiger partial charge in [0.15, 0.2) is 0 Å². The SMILES string of the molecule is CN1CCN(c2ccc(F)cc2C(=N)N)CC1(C)C. The minimum absolute atomic E-state index is 0.0424. The van der Waals surface area contributed by atoms with Crippen molar-refractivity contribution in [1.29, 1.82) is 5.41 Å². The van der Waals surface area contributed by atoms with E-state index in [4.69, 9.17) is 11.1 Å². The molecular formula is C14H21FN4. The monoisotopic (exact) mass is 264 g/mol. The summed E-state index contributed by atoms with van der Waals surface area (Å²) in [4.78, 5) is 4.48. The van der Waals surface area contributed by atoms with E-state index in [-0.39, 0.29) is 17.2 Å². The molecule has 0 aromatic heterocycles. The summed E-state index contributed by atoms with van der Waals surface area (Å²) in [6, 6.07) is 4.48. The highest BCUT2D eigenvalue weighted by molar-refractivity contribution is 6.00. The molecule has 1 fully saturated rings. The van der Waals surface area contributed by atoms with Gasteiger partial charge in [-0.05, 0) is 39.1 Å². The van der Waals surface area contributed by atoms with Gasteiger partial charge in [-0.25, -0.2) is 4.39 Å². The summed E-state index contributed by atoms with van der Waals surface area (Å²) in [5.74, 6) is -0.450. The van der Waals surface area contributed by atoms with Gasteiger partial charge in [0, 0.05) is 36.4 Å². The Bertz CT molecular complexity index is 498. The van der Waals surface area contributed by atoms with Crippen LogP contribution in [0, 0.1) is 11.2 Å². The number of amidine groups is 1. The first-order valence-electron chi connectivity index (χ1n) is 6.41. The topological polar surface area (TPSA) is 56.4 Å². The van der Waals surface area contributed by atoms with Crippen molar-refractivity contribution in [2.75, 3.05) is 31.6 Å². The molecule has 1 aliphatic rings. The molecule has 2 rings (SSSR count). The highest BCUT2D eigenvalue weighted by Crippen LogP contribution is 2.27. The Kier molecular flexibility index (Phi) is 3.49. The lowest BCUT2D eigenvalue weighted by Gasteiger charge is -2.46. The molecule has 0 unspecified atom stereocenters. The standard InChI is InChI=1S/C14H21FN4/c1-14(2)9-19(7-6-18(14)3)12-5-4-10(15)8-11(12)13(16)17/h4-5,8H,6-7,9H2,1-3H3,(H3,16,17). The van der Waals surface area contributed by atoms with Gasteiger partial charge in [0.25, 0.3) is 0 Å². The lowest BCUT2D eigenvalue weighted by molar-refractivity contribution is 0.139. The van der Waals surface area contributed by atoms with Gasteiger partial charge < -0.3 is 10.6 Å². The number of nitrogen functional groups attached to an aromatic ring is 1. The first-order valence-corrected chi connectivity index (χ1v) is 6.41. The van der Waals surface area contributed by atoms with Crippen molar-refractivity contribution in [2.24, 2.45) is 5.73 Å². The summed E-state index contributed by atoms with van der Waals surface area (Å²) in [5, 5.41) is 7.60. The molecule has 0 amide bonds. The van der Waals surface area contributed by atoms with Crippen molar-refractivity contribution >= 4 is 11.5 Å². The zero-order valence-corrected chi connectivity index (χ0v) is 11.7. The molecular weight excluding hydrogens is 243 g/mol. The van der Waals surface area contributed by atoms with E-state index in [1.165, 1.54) is 12.1 Å². The van der Waals surface area contributed by atoms with E-state index in [1.54, 1.807) is 6.07 Å². The second-order valence-corrected chi connectivity index (χ2v) is 5.73. The summed E-state index contributed by atoms with van der Waals surface area (Å²) in [6.45, 7) is 6.97. The Labute approximate surface area is 113 Å². The van der Waals surface area contributed by atoms with Crippen LogP contribution in [0.4, 0.5) is 10.1 Å². The predicted octanol–water partition coefficient (Wildman–Crippen LogP) is 1.64. The third-order valence-corrected chi connectivity index (χ3v) is 3.91. The lowest BCUT2D eigenvalue weighted by Crippen LogP contribution is -2.58. The molecule has 0 saturated carbocycles. The molecule has 1 heterocycles. The summed E-state index contributed by atoms with van der Waals surface area (Å²) in [5.41, 5.74) is 6.92. The summed E-state index contributed by atoms with van der Waals surface area (Å²) in [7, 11) is 2.11. The van der Waals surface area contributed by atoms with Gasteiger partial charge in [-0.2, -0.15) is 0 Å². The number of nitrogens with zero attached hydrogens (tertiary/aromatic N) is 2. The van der Waals surface area contributed by atoms with Gasteiger partial charge in [0.05, 0.1) is 0 Å².